The summed E-state index contributed by atoms with van der Waals surface area (Å²) in [7, 11) is 1.59. The Morgan fingerprint density at radius 1 is 0.767 bits per heavy atom. The molecule has 6 nitrogen and oxygen atoms in total. The summed E-state index contributed by atoms with van der Waals surface area (Å²) in [4.78, 5) is 24.4. The molecule has 0 spiro atoms. The largest absolute Gasteiger partial charge is 0.497 e. The van der Waals surface area contributed by atoms with E-state index in [9.17, 15) is 9.59 Å². The van der Waals surface area contributed by atoms with Gasteiger partial charge in [0.25, 0.3) is 5.91 Å². The summed E-state index contributed by atoms with van der Waals surface area (Å²) in [5.74, 6) is 1.07. The van der Waals surface area contributed by atoms with Gasteiger partial charge in [0, 0.05) is 16.9 Å². The zero-order valence-corrected chi connectivity index (χ0v) is 17.0. The third-order valence-electron chi connectivity index (χ3n) is 4.40. The van der Waals surface area contributed by atoms with Gasteiger partial charge in [-0.2, -0.15) is 0 Å². The van der Waals surface area contributed by atoms with Crippen LogP contribution in [0.1, 0.15) is 22.3 Å². The standard InChI is InChI=1S/C24H24N2O4/c1-17-3-11-22(12-4-17)30-16-15-23(27)25-19-7-5-18(6-8-19)24(28)26-20-9-13-21(29-2)14-10-20/h3-14H,15-16H2,1-2H3,(H,25,27)(H,26,28). The van der Waals surface area contributed by atoms with E-state index in [1.54, 1.807) is 55.6 Å². The molecule has 154 valence electrons. The zero-order chi connectivity index (χ0) is 21.3. The van der Waals surface area contributed by atoms with Crippen molar-refractivity contribution in [3.05, 3.63) is 83.9 Å². The van der Waals surface area contributed by atoms with Gasteiger partial charge in [0.15, 0.2) is 0 Å². The van der Waals surface area contributed by atoms with Gasteiger partial charge in [-0.1, -0.05) is 17.7 Å². The number of ether oxygens (including phenoxy) is 2. The van der Waals surface area contributed by atoms with E-state index in [0.717, 1.165) is 17.1 Å². The van der Waals surface area contributed by atoms with Crippen LogP contribution in [0.4, 0.5) is 11.4 Å². The highest BCUT2D eigenvalue weighted by molar-refractivity contribution is 6.04. The van der Waals surface area contributed by atoms with E-state index in [4.69, 9.17) is 9.47 Å². The molecule has 0 heterocycles. The number of carbonyl (C=O) groups is 2. The lowest BCUT2D eigenvalue weighted by Crippen LogP contribution is -2.15. The van der Waals surface area contributed by atoms with E-state index in [-0.39, 0.29) is 24.8 Å². The van der Waals surface area contributed by atoms with E-state index in [1.807, 2.05) is 31.2 Å². The fourth-order valence-electron chi connectivity index (χ4n) is 2.70. The highest BCUT2D eigenvalue weighted by Gasteiger charge is 2.08. The Kier molecular flexibility index (Phi) is 7.05. The Hall–Kier alpha value is -3.80. The average Bonchev–Trinajstić information content (AvgIpc) is 2.76. The summed E-state index contributed by atoms with van der Waals surface area (Å²) in [6, 6.07) is 21.5. The molecule has 30 heavy (non-hydrogen) atoms. The Balaban J connectivity index is 1.46. The highest BCUT2D eigenvalue weighted by Crippen LogP contribution is 2.17. The van der Waals surface area contributed by atoms with Gasteiger partial charge in [0.1, 0.15) is 11.5 Å². The van der Waals surface area contributed by atoms with E-state index in [0.29, 0.717) is 16.9 Å². The fourth-order valence-corrected chi connectivity index (χ4v) is 2.70. The van der Waals surface area contributed by atoms with Crippen LogP contribution in [0.2, 0.25) is 0 Å². The second-order valence-corrected chi connectivity index (χ2v) is 6.72. The summed E-state index contributed by atoms with van der Waals surface area (Å²) in [6.07, 6.45) is 0.230. The molecule has 0 atom stereocenters. The van der Waals surface area contributed by atoms with Gasteiger partial charge in [-0.25, -0.2) is 0 Å². The van der Waals surface area contributed by atoms with Crippen molar-refractivity contribution in [1.29, 1.82) is 0 Å². The van der Waals surface area contributed by atoms with E-state index >= 15 is 0 Å². The predicted octanol–water partition coefficient (Wildman–Crippen LogP) is 4.66. The minimum atomic E-state index is -0.232. The predicted molar refractivity (Wildman–Crippen MR) is 117 cm³/mol. The van der Waals surface area contributed by atoms with Crippen LogP contribution in [0.5, 0.6) is 11.5 Å². The maximum Gasteiger partial charge on any atom is 0.255 e. The fraction of sp³-hybridized carbons (Fsp3) is 0.167. The Morgan fingerprint density at radius 2 is 1.33 bits per heavy atom. The van der Waals surface area contributed by atoms with Gasteiger partial charge in [0.05, 0.1) is 20.1 Å². The minimum Gasteiger partial charge on any atom is -0.497 e. The van der Waals surface area contributed by atoms with Gasteiger partial charge in [0.2, 0.25) is 5.91 Å². The van der Waals surface area contributed by atoms with Gasteiger partial charge >= 0.3 is 0 Å². The van der Waals surface area contributed by atoms with Crippen LogP contribution < -0.4 is 20.1 Å². The van der Waals surface area contributed by atoms with Crippen molar-refractivity contribution in [2.75, 3.05) is 24.4 Å². The number of carbonyl (C=O) groups excluding carboxylic acids is 2. The molecule has 6 heteroatoms. The lowest BCUT2D eigenvalue weighted by Gasteiger charge is -2.09. The first-order valence-corrected chi connectivity index (χ1v) is 9.58. The Labute approximate surface area is 175 Å². The molecule has 0 aliphatic heterocycles. The van der Waals surface area contributed by atoms with Crippen molar-refractivity contribution in [2.24, 2.45) is 0 Å². The third kappa shape index (κ3) is 6.10. The first kappa shape index (κ1) is 20.9. The number of rotatable bonds is 8. The number of nitrogens with one attached hydrogen (secondary N) is 2. The molecule has 0 aliphatic rings. The molecule has 0 saturated heterocycles. The summed E-state index contributed by atoms with van der Waals surface area (Å²) >= 11 is 0. The van der Waals surface area contributed by atoms with Crippen molar-refractivity contribution >= 4 is 23.2 Å². The first-order valence-electron chi connectivity index (χ1n) is 9.58. The third-order valence-corrected chi connectivity index (χ3v) is 4.40. The number of methoxy groups -OCH3 is 1. The topological polar surface area (TPSA) is 76.7 Å². The molecule has 2 N–H and O–H groups in total. The van der Waals surface area contributed by atoms with Gasteiger partial charge in [-0.05, 0) is 67.6 Å². The molecule has 2 amide bonds. The molecule has 3 rings (SSSR count). The first-order chi connectivity index (χ1) is 14.5. The van der Waals surface area contributed by atoms with Crippen molar-refractivity contribution in [1.82, 2.24) is 0 Å². The van der Waals surface area contributed by atoms with Crippen LogP contribution in [-0.2, 0) is 4.79 Å². The number of hydrogen-bond donors (Lipinski definition) is 2. The molecule has 0 aromatic heterocycles. The number of anilines is 2. The maximum absolute atomic E-state index is 12.4. The van der Waals surface area contributed by atoms with Crippen LogP contribution in [-0.4, -0.2) is 25.5 Å². The molecular weight excluding hydrogens is 380 g/mol. The molecule has 0 saturated carbocycles. The second-order valence-electron chi connectivity index (χ2n) is 6.72. The van der Waals surface area contributed by atoms with Crippen LogP contribution in [0.3, 0.4) is 0 Å². The minimum absolute atomic E-state index is 0.155. The molecule has 0 radical (unpaired) electrons. The molecule has 0 fully saturated rings. The molecule has 3 aromatic carbocycles. The van der Waals surface area contributed by atoms with Gasteiger partial charge in [-0.3, -0.25) is 9.59 Å². The normalized spacial score (nSPS) is 10.2. The van der Waals surface area contributed by atoms with Crippen LogP contribution >= 0.6 is 0 Å². The van der Waals surface area contributed by atoms with Crippen molar-refractivity contribution in [3.63, 3.8) is 0 Å². The van der Waals surface area contributed by atoms with Crippen LogP contribution in [0.15, 0.2) is 72.8 Å². The van der Waals surface area contributed by atoms with E-state index in [2.05, 4.69) is 10.6 Å². The summed E-state index contributed by atoms with van der Waals surface area (Å²) < 4.78 is 10.7. The van der Waals surface area contributed by atoms with Gasteiger partial charge in [-0.15, -0.1) is 0 Å². The highest BCUT2D eigenvalue weighted by atomic mass is 16.5. The average molecular weight is 404 g/mol. The van der Waals surface area contributed by atoms with Crippen molar-refractivity contribution in [2.45, 2.75) is 13.3 Å². The second kappa shape index (κ2) is 10.1. The number of amides is 2. The molecule has 0 bridgehead atoms. The van der Waals surface area contributed by atoms with Crippen molar-refractivity contribution < 1.29 is 19.1 Å². The zero-order valence-electron chi connectivity index (χ0n) is 17.0. The van der Waals surface area contributed by atoms with E-state index < -0.39 is 0 Å². The van der Waals surface area contributed by atoms with Crippen LogP contribution in [0, 0.1) is 6.92 Å². The summed E-state index contributed by atoms with van der Waals surface area (Å²) in [5.41, 5.74) is 2.94. The summed E-state index contributed by atoms with van der Waals surface area (Å²) in [5, 5.41) is 5.62. The lowest BCUT2D eigenvalue weighted by molar-refractivity contribution is -0.116. The van der Waals surface area contributed by atoms with Crippen LogP contribution in [0.25, 0.3) is 0 Å². The summed E-state index contributed by atoms with van der Waals surface area (Å²) in [6.45, 7) is 2.29. The monoisotopic (exact) mass is 404 g/mol. The molecular formula is C24H24N2O4. The maximum atomic E-state index is 12.4. The number of benzene rings is 3. The molecule has 0 unspecified atom stereocenters. The Morgan fingerprint density at radius 3 is 1.97 bits per heavy atom. The molecule has 3 aromatic rings. The quantitative estimate of drug-likeness (QED) is 0.572. The van der Waals surface area contributed by atoms with Gasteiger partial charge < -0.3 is 20.1 Å². The number of hydrogen-bond acceptors (Lipinski definition) is 4. The lowest BCUT2D eigenvalue weighted by atomic mass is 10.2. The van der Waals surface area contributed by atoms with Crippen molar-refractivity contribution in [3.8, 4) is 11.5 Å². The van der Waals surface area contributed by atoms with E-state index in [1.165, 1.54) is 0 Å². The SMILES string of the molecule is COc1ccc(NC(=O)c2ccc(NC(=O)CCOc3ccc(C)cc3)cc2)cc1. The Bertz CT molecular complexity index is 981. The molecule has 0 aliphatic carbocycles. The number of aryl methyl sites for hydroxylation is 1. The smallest absolute Gasteiger partial charge is 0.255 e.